The van der Waals surface area contributed by atoms with Crippen molar-refractivity contribution in [3.05, 3.63) is 25.3 Å². The van der Waals surface area contributed by atoms with Crippen LogP contribution in [0.25, 0.3) is 0 Å². The molecular formula is C5H11BrMgO. The molecule has 0 heterocycles. The van der Waals surface area contributed by atoms with Crippen molar-refractivity contribution in [1.29, 1.82) is 0 Å². The zero-order chi connectivity index (χ0) is 4.99. The standard InChI is InChI=1S/C5H8O.BrH.Mg.2H/c1-3-5(6)4-2;;;;/h3-6H,1-2H2;1H;;;/q;;+2;2*-1. The molecule has 0 atom stereocenters. The molecule has 8 heavy (non-hydrogen) atoms. The van der Waals surface area contributed by atoms with Gasteiger partial charge in [0.2, 0.25) is 0 Å². The van der Waals surface area contributed by atoms with Crippen LogP contribution in [0.3, 0.4) is 0 Å². The van der Waals surface area contributed by atoms with Crippen molar-refractivity contribution in [2.75, 3.05) is 0 Å². The Hall–Kier alpha value is 0.686. The zero-order valence-corrected chi connectivity index (χ0v) is 7.84. The van der Waals surface area contributed by atoms with E-state index in [4.69, 9.17) is 5.11 Å². The smallest absolute Gasteiger partial charge is 1.00 e. The molecule has 0 bridgehead atoms. The first-order valence-corrected chi connectivity index (χ1v) is 1.74. The summed E-state index contributed by atoms with van der Waals surface area (Å²) in [4.78, 5) is 0. The molecule has 0 aliphatic carbocycles. The van der Waals surface area contributed by atoms with E-state index in [0.29, 0.717) is 0 Å². The van der Waals surface area contributed by atoms with Gasteiger partial charge in [-0.25, -0.2) is 0 Å². The van der Waals surface area contributed by atoms with Crippen LogP contribution in [0.2, 0.25) is 0 Å². The largest absolute Gasteiger partial charge is 2.00 e. The van der Waals surface area contributed by atoms with E-state index in [9.17, 15) is 0 Å². The molecule has 3 heteroatoms. The van der Waals surface area contributed by atoms with Crippen LogP contribution in [0.4, 0.5) is 0 Å². The van der Waals surface area contributed by atoms with Crippen LogP contribution in [0.15, 0.2) is 25.3 Å². The minimum atomic E-state index is -0.537. The molecule has 46 valence electrons. The van der Waals surface area contributed by atoms with Crippen molar-refractivity contribution < 1.29 is 7.96 Å². The normalized spacial score (nSPS) is 6.25. The van der Waals surface area contributed by atoms with E-state index in [1.807, 2.05) is 0 Å². The Morgan fingerprint density at radius 1 is 1.38 bits per heavy atom. The summed E-state index contributed by atoms with van der Waals surface area (Å²) in [6.07, 6.45) is 2.28. The number of aliphatic hydroxyl groups excluding tert-OH is 1. The fourth-order valence-electron chi connectivity index (χ4n) is 0.0962. The molecule has 0 amide bonds. The average Bonchev–Trinajstić information content (AvgIpc) is 1.65. The molecule has 0 aromatic carbocycles. The number of aliphatic hydroxyl groups is 1. The Morgan fingerprint density at radius 2 is 1.62 bits per heavy atom. The van der Waals surface area contributed by atoms with Crippen molar-refractivity contribution in [3.8, 4) is 0 Å². The SMILES string of the molecule is Br.C=CC(O)C=C.[H-].[H-].[Mg+2]. The average molecular weight is 191 g/mol. The third kappa shape index (κ3) is 9.84. The third-order valence-electron chi connectivity index (χ3n) is 0.483. The predicted molar refractivity (Wildman–Crippen MR) is 44.7 cm³/mol. The summed E-state index contributed by atoms with van der Waals surface area (Å²) in [5.41, 5.74) is 0. The molecule has 1 nitrogen and oxygen atoms in total. The van der Waals surface area contributed by atoms with Gasteiger partial charge in [-0.05, 0) is 0 Å². The van der Waals surface area contributed by atoms with Crippen LogP contribution in [-0.4, -0.2) is 34.3 Å². The Balaban J connectivity index is -0.0000000208. The monoisotopic (exact) mass is 190 g/mol. The third-order valence-corrected chi connectivity index (χ3v) is 0.483. The zero-order valence-electron chi connectivity index (χ0n) is 6.71. The van der Waals surface area contributed by atoms with E-state index in [1.54, 1.807) is 0 Å². The van der Waals surface area contributed by atoms with E-state index in [1.165, 1.54) is 12.2 Å². The van der Waals surface area contributed by atoms with E-state index < -0.39 is 6.10 Å². The first kappa shape index (κ1) is 15.9. The van der Waals surface area contributed by atoms with Crippen LogP contribution < -0.4 is 0 Å². The van der Waals surface area contributed by atoms with Gasteiger partial charge in [-0.1, -0.05) is 12.2 Å². The maximum Gasteiger partial charge on any atom is 2.00 e. The molecule has 0 aromatic rings. The molecule has 0 fully saturated rings. The van der Waals surface area contributed by atoms with Gasteiger partial charge in [-0.15, -0.1) is 30.1 Å². The second kappa shape index (κ2) is 10.6. The van der Waals surface area contributed by atoms with Crippen LogP contribution in [0.5, 0.6) is 0 Å². The van der Waals surface area contributed by atoms with Crippen molar-refractivity contribution in [3.63, 3.8) is 0 Å². The summed E-state index contributed by atoms with van der Waals surface area (Å²) in [5, 5.41) is 8.43. The molecular weight excluding hydrogens is 180 g/mol. The Morgan fingerprint density at radius 3 is 1.62 bits per heavy atom. The van der Waals surface area contributed by atoms with Crippen molar-refractivity contribution in [2.24, 2.45) is 0 Å². The van der Waals surface area contributed by atoms with Gasteiger partial charge >= 0.3 is 23.1 Å². The first-order chi connectivity index (χ1) is 2.81. The van der Waals surface area contributed by atoms with E-state index in [0.717, 1.165) is 0 Å². The Bertz CT molecular complexity index is 64.7. The second-order valence-electron chi connectivity index (χ2n) is 0.962. The molecule has 0 aliphatic rings. The second-order valence-corrected chi connectivity index (χ2v) is 0.962. The summed E-state index contributed by atoms with van der Waals surface area (Å²) in [6.45, 7) is 6.62. The number of halogens is 1. The molecule has 0 radical (unpaired) electrons. The Labute approximate surface area is 79.4 Å². The van der Waals surface area contributed by atoms with Crippen molar-refractivity contribution in [1.82, 2.24) is 0 Å². The summed E-state index contributed by atoms with van der Waals surface area (Å²) in [5.74, 6) is 0. The summed E-state index contributed by atoms with van der Waals surface area (Å²) in [6, 6.07) is 0. The molecule has 0 saturated heterocycles. The van der Waals surface area contributed by atoms with Gasteiger partial charge < -0.3 is 7.96 Å². The number of hydrogen-bond donors (Lipinski definition) is 1. The van der Waals surface area contributed by atoms with Crippen LogP contribution in [0.1, 0.15) is 2.85 Å². The summed E-state index contributed by atoms with van der Waals surface area (Å²) >= 11 is 0. The van der Waals surface area contributed by atoms with Gasteiger partial charge in [0.1, 0.15) is 0 Å². The fraction of sp³-hybridized carbons (Fsp3) is 0.200. The topological polar surface area (TPSA) is 20.2 Å². The molecule has 0 aliphatic heterocycles. The first-order valence-electron chi connectivity index (χ1n) is 1.74. The van der Waals surface area contributed by atoms with E-state index in [-0.39, 0.29) is 42.9 Å². The minimum Gasteiger partial charge on any atom is -1.00 e. The molecule has 0 rings (SSSR count). The van der Waals surface area contributed by atoms with Crippen LogP contribution >= 0.6 is 17.0 Å². The number of rotatable bonds is 2. The summed E-state index contributed by atoms with van der Waals surface area (Å²) < 4.78 is 0. The molecule has 1 N–H and O–H groups in total. The van der Waals surface area contributed by atoms with Gasteiger partial charge in [0.05, 0.1) is 6.10 Å². The van der Waals surface area contributed by atoms with Crippen molar-refractivity contribution >= 4 is 40.0 Å². The molecule has 0 spiro atoms. The molecule has 0 aromatic heterocycles. The van der Waals surface area contributed by atoms with Gasteiger partial charge in [0.25, 0.3) is 0 Å². The molecule has 0 unspecified atom stereocenters. The van der Waals surface area contributed by atoms with Gasteiger partial charge in [-0.3, -0.25) is 0 Å². The predicted octanol–water partition coefficient (Wildman–Crippen LogP) is 1.14. The Kier molecular flexibility index (Phi) is 21.1. The van der Waals surface area contributed by atoms with E-state index >= 15 is 0 Å². The van der Waals surface area contributed by atoms with Crippen LogP contribution in [0, 0.1) is 0 Å². The molecule has 0 saturated carbocycles. The quantitative estimate of drug-likeness (QED) is 0.513. The maximum atomic E-state index is 8.43. The summed E-state index contributed by atoms with van der Waals surface area (Å²) in [7, 11) is 0. The maximum absolute atomic E-state index is 8.43. The fourth-order valence-corrected chi connectivity index (χ4v) is 0.0962. The minimum absolute atomic E-state index is 0. The van der Waals surface area contributed by atoms with E-state index in [2.05, 4.69) is 13.2 Å². The van der Waals surface area contributed by atoms with Gasteiger partial charge in [-0.2, -0.15) is 0 Å². The van der Waals surface area contributed by atoms with Gasteiger partial charge in [0, 0.05) is 0 Å². The van der Waals surface area contributed by atoms with Crippen LogP contribution in [-0.2, 0) is 0 Å². The number of hydrogen-bond acceptors (Lipinski definition) is 1. The van der Waals surface area contributed by atoms with Gasteiger partial charge in [0.15, 0.2) is 0 Å². The van der Waals surface area contributed by atoms with Crippen molar-refractivity contribution in [2.45, 2.75) is 6.10 Å².